The molecule has 0 aromatic heterocycles. The van der Waals surface area contributed by atoms with Crippen LogP contribution in [0, 0.1) is 0 Å². The summed E-state index contributed by atoms with van der Waals surface area (Å²) < 4.78 is 17.0. The SMILES string of the molecule is CC/C=C\C/C=C\C/C=C\C/C=C\CCCCCCCCCCCCC(=O)OC(COC(=O)CCCCCCCCCCCCCCC)COC(=O)CCCCCCCCCCCCCCCCCCCCCCCCCCCCCCC. The van der Waals surface area contributed by atoms with E-state index in [0.29, 0.717) is 19.3 Å². The highest BCUT2D eigenvalue weighted by atomic mass is 16.6. The molecule has 0 aliphatic rings. The second-order valence-corrected chi connectivity index (χ2v) is 25.2. The second-order valence-electron chi connectivity index (χ2n) is 25.2. The van der Waals surface area contributed by atoms with E-state index in [1.54, 1.807) is 0 Å². The maximum Gasteiger partial charge on any atom is 0.306 e. The molecule has 0 spiro atoms. The van der Waals surface area contributed by atoms with Crippen molar-refractivity contribution in [1.29, 1.82) is 0 Å². The number of hydrogen-bond acceptors (Lipinski definition) is 6. The Morgan fingerprint density at radius 3 is 0.735 bits per heavy atom. The van der Waals surface area contributed by atoms with Crippen molar-refractivity contribution in [2.24, 2.45) is 0 Å². The maximum atomic E-state index is 13.0. The van der Waals surface area contributed by atoms with Crippen molar-refractivity contribution in [2.45, 2.75) is 412 Å². The number of carbonyl (C=O) groups excluding carboxylic acids is 3. The maximum absolute atomic E-state index is 13.0. The van der Waals surface area contributed by atoms with Gasteiger partial charge in [-0.2, -0.15) is 0 Å². The van der Waals surface area contributed by atoms with Crippen molar-refractivity contribution in [3.63, 3.8) is 0 Å². The van der Waals surface area contributed by atoms with Gasteiger partial charge in [0.05, 0.1) is 0 Å². The van der Waals surface area contributed by atoms with E-state index in [9.17, 15) is 14.4 Å². The van der Waals surface area contributed by atoms with E-state index in [4.69, 9.17) is 14.2 Å². The second kappa shape index (κ2) is 71.8. The molecule has 0 fully saturated rings. The molecule has 0 radical (unpaired) electrons. The quantitative estimate of drug-likeness (QED) is 0.0261. The van der Waals surface area contributed by atoms with Crippen LogP contribution in [0.3, 0.4) is 0 Å². The zero-order valence-corrected chi connectivity index (χ0v) is 56.0. The van der Waals surface area contributed by atoms with Crippen LogP contribution in [-0.4, -0.2) is 37.2 Å². The van der Waals surface area contributed by atoms with E-state index in [2.05, 4.69) is 69.4 Å². The Labute approximate surface area is 518 Å². The summed E-state index contributed by atoms with van der Waals surface area (Å²) in [7, 11) is 0. The Bertz CT molecular complexity index is 1430. The minimum Gasteiger partial charge on any atom is -0.462 e. The van der Waals surface area contributed by atoms with Crippen LogP contribution in [0.15, 0.2) is 48.6 Å². The van der Waals surface area contributed by atoms with Crippen molar-refractivity contribution in [3.05, 3.63) is 48.6 Å². The summed E-state index contributed by atoms with van der Waals surface area (Å²) >= 11 is 0. The van der Waals surface area contributed by atoms with Crippen LogP contribution in [0.1, 0.15) is 406 Å². The summed E-state index contributed by atoms with van der Waals surface area (Å²) in [6.07, 6.45) is 91.6. The number of esters is 3. The fourth-order valence-corrected chi connectivity index (χ4v) is 11.3. The van der Waals surface area contributed by atoms with Gasteiger partial charge in [-0.3, -0.25) is 14.4 Å². The first-order chi connectivity index (χ1) is 41.0. The van der Waals surface area contributed by atoms with Crippen molar-refractivity contribution >= 4 is 17.9 Å². The van der Waals surface area contributed by atoms with Gasteiger partial charge in [-0.1, -0.05) is 378 Å². The molecule has 0 saturated carbocycles. The molecule has 0 aromatic rings. The van der Waals surface area contributed by atoms with Crippen LogP contribution in [-0.2, 0) is 28.6 Å². The van der Waals surface area contributed by atoms with E-state index >= 15 is 0 Å². The molecule has 0 heterocycles. The van der Waals surface area contributed by atoms with Gasteiger partial charge in [0, 0.05) is 19.3 Å². The average molecular weight is 1160 g/mol. The Kier molecular flexibility index (Phi) is 69.6. The lowest BCUT2D eigenvalue weighted by Crippen LogP contribution is -2.30. The molecule has 0 aromatic carbocycles. The van der Waals surface area contributed by atoms with Crippen LogP contribution in [0.4, 0.5) is 0 Å². The number of hydrogen-bond donors (Lipinski definition) is 0. The Balaban J connectivity index is 4.19. The smallest absolute Gasteiger partial charge is 0.306 e. The molecule has 0 aliphatic heterocycles. The minimum atomic E-state index is -0.774. The van der Waals surface area contributed by atoms with Crippen LogP contribution in [0.2, 0.25) is 0 Å². The fraction of sp³-hybridized carbons (Fsp3) is 0.857. The standard InChI is InChI=1S/C77H142O6/c1-4-7-10-13-16-19-22-25-27-29-31-33-35-36-37-38-39-40-42-43-45-47-49-52-55-58-61-64-67-70-76(79)82-73-74(72-81-75(78)69-66-63-60-57-54-51-24-21-18-15-12-9-6-3)83-77(80)71-68-65-62-59-56-53-50-48-46-44-41-34-32-30-28-26-23-20-17-14-11-8-5-2/h8,11,17,20,26,28,32,34,74H,4-7,9-10,12-16,18-19,21-25,27,29-31,33,35-73H2,1-3H3/b11-8-,20-17-,28-26-,34-32-. The lowest BCUT2D eigenvalue weighted by Gasteiger charge is -2.18. The van der Waals surface area contributed by atoms with Crippen molar-refractivity contribution in [1.82, 2.24) is 0 Å². The molecule has 486 valence electrons. The van der Waals surface area contributed by atoms with Crippen molar-refractivity contribution in [2.75, 3.05) is 13.2 Å². The molecular formula is C77H142O6. The van der Waals surface area contributed by atoms with Gasteiger partial charge in [-0.15, -0.1) is 0 Å². The first-order valence-electron chi connectivity index (χ1n) is 37.1. The highest BCUT2D eigenvalue weighted by Gasteiger charge is 2.20. The van der Waals surface area contributed by atoms with Gasteiger partial charge in [0.15, 0.2) is 6.10 Å². The fourth-order valence-electron chi connectivity index (χ4n) is 11.3. The molecule has 1 atom stereocenters. The van der Waals surface area contributed by atoms with E-state index in [1.165, 1.54) is 283 Å². The van der Waals surface area contributed by atoms with Gasteiger partial charge in [-0.05, 0) is 57.8 Å². The Morgan fingerprint density at radius 1 is 0.253 bits per heavy atom. The third kappa shape index (κ3) is 70.0. The van der Waals surface area contributed by atoms with Gasteiger partial charge in [0.1, 0.15) is 13.2 Å². The first-order valence-corrected chi connectivity index (χ1v) is 37.1. The monoisotopic (exact) mass is 1160 g/mol. The molecule has 0 aliphatic carbocycles. The summed E-state index contributed by atoms with van der Waals surface area (Å²) in [5.41, 5.74) is 0. The molecule has 0 amide bonds. The predicted molar refractivity (Wildman–Crippen MR) is 362 cm³/mol. The van der Waals surface area contributed by atoms with Crippen LogP contribution in [0.25, 0.3) is 0 Å². The summed E-state index contributed by atoms with van der Waals surface area (Å²) in [4.78, 5) is 38.5. The topological polar surface area (TPSA) is 78.9 Å². The summed E-state index contributed by atoms with van der Waals surface area (Å²) in [6, 6.07) is 0. The summed E-state index contributed by atoms with van der Waals surface area (Å²) in [5.74, 6) is -0.843. The molecule has 6 nitrogen and oxygen atoms in total. The van der Waals surface area contributed by atoms with Gasteiger partial charge in [-0.25, -0.2) is 0 Å². The molecule has 0 N–H and O–H groups in total. The number of ether oxygens (including phenoxy) is 3. The molecule has 6 heteroatoms. The number of allylic oxidation sites excluding steroid dienone is 8. The average Bonchev–Trinajstić information content (AvgIpc) is 3.49. The lowest BCUT2D eigenvalue weighted by molar-refractivity contribution is -0.167. The molecule has 0 rings (SSSR count). The van der Waals surface area contributed by atoms with Gasteiger partial charge in [0.2, 0.25) is 0 Å². The molecule has 83 heavy (non-hydrogen) atoms. The Hall–Kier alpha value is -2.63. The number of rotatable bonds is 69. The third-order valence-electron chi connectivity index (χ3n) is 16.8. The van der Waals surface area contributed by atoms with Gasteiger partial charge in [0.25, 0.3) is 0 Å². The molecule has 0 bridgehead atoms. The predicted octanol–water partition coefficient (Wildman–Crippen LogP) is 25.7. The van der Waals surface area contributed by atoms with E-state index < -0.39 is 6.10 Å². The zero-order valence-electron chi connectivity index (χ0n) is 56.0. The highest BCUT2D eigenvalue weighted by Crippen LogP contribution is 2.19. The van der Waals surface area contributed by atoms with Crippen LogP contribution < -0.4 is 0 Å². The minimum absolute atomic E-state index is 0.0689. The van der Waals surface area contributed by atoms with Gasteiger partial charge >= 0.3 is 17.9 Å². The summed E-state index contributed by atoms with van der Waals surface area (Å²) in [6.45, 7) is 6.60. The van der Waals surface area contributed by atoms with Crippen molar-refractivity contribution in [3.8, 4) is 0 Å². The first kappa shape index (κ1) is 80.4. The molecule has 0 saturated heterocycles. The van der Waals surface area contributed by atoms with E-state index in [1.807, 2.05) is 0 Å². The van der Waals surface area contributed by atoms with Crippen LogP contribution in [0.5, 0.6) is 0 Å². The molecular weight excluding hydrogens is 1020 g/mol. The van der Waals surface area contributed by atoms with E-state index in [-0.39, 0.29) is 31.1 Å². The Morgan fingerprint density at radius 2 is 0.470 bits per heavy atom. The largest absolute Gasteiger partial charge is 0.462 e. The van der Waals surface area contributed by atoms with E-state index in [0.717, 1.165) is 83.5 Å². The summed E-state index contributed by atoms with van der Waals surface area (Å²) in [5, 5.41) is 0. The zero-order chi connectivity index (χ0) is 59.9. The highest BCUT2D eigenvalue weighted by molar-refractivity contribution is 5.71. The lowest BCUT2D eigenvalue weighted by atomic mass is 10.0. The van der Waals surface area contributed by atoms with Crippen molar-refractivity contribution < 1.29 is 28.6 Å². The number of unbranched alkanes of at least 4 members (excludes halogenated alkanes) is 50. The molecule has 1 unspecified atom stereocenters. The third-order valence-corrected chi connectivity index (χ3v) is 16.8. The van der Waals surface area contributed by atoms with Crippen LogP contribution >= 0.6 is 0 Å². The normalized spacial score (nSPS) is 12.3. The number of carbonyl (C=O) groups is 3. The van der Waals surface area contributed by atoms with Gasteiger partial charge < -0.3 is 14.2 Å².